The Kier molecular flexibility index (Phi) is 8.60. The van der Waals surface area contributed by atoms with Crippen molar-refractivity contribution in [2.45, 2.75) is 6.92 Å². The number of amides is 2. The molecule has 3 rings (SSSR count). The molecule has 0 fully saturated rings. The SMILES string of the molecule is COc1ccccc1NC(=O)C(=O)N/N=C(\C)c1ccc(OC(=O)c2ccccc2OC)c(OC)c1. The summed E-state index contributed by atoms with van der Waals surface area (Å²) >= 11 is 0. The van der Waals surface area contributed by atoms with E-state index in [2.05, 4.69) is 15.8 Å². The van der Waals surface area contributed by atoms with Gasteiger partial charge in [-0.05, 0) is 49.4 Å². The highest BCUT2D eigenvalue weighted by molar-refractivity contribution is 6.39. The van der Waals surface area contributed by atoms with Gasteiger partial charge in [-0.3, -0.25) is 9.59 Å². The highest BCUT2D eigenvalue weighted by atomic mass is 16.6. The summed E-state index contributed by atoms with van der Waals surface area (Å²) in [6.07, 6.45) is 0. The van der Waals surface area contributed by atoms with E-state index in [4.69, 9.17) is 18.9 Å². The molecular weight excluding hydrogens is 466 g/mol. The molecule has 0 saturated carbocycles. The second kappa shape index (κ2) is 12.0. The first-order valence-corrected chi connectivity index (χ1v) is 10.7. The lowest BCUT2D eigenvalue weighted by molar-refractivity contribution is -0.136. The maximum absolute atomic E-state index is 12.6. The first kappa shape index (κ1) is 25.8. The van der Waals surface area contributed by atoms with Gasteiger partial charge < -0.3 is 24.3 Å². The second-order valence-corrected chi connectivity index (χ2v) is 7.25. The van der Waals surface area contributed by atoms with Crippen LogP contribution in [0.1, 0.15) is 22.8 Å². The number of hydrogen-bond acceptors (Lipinski definition) is 8. The molecule has 10 heteroatoms. The van der Waals surface area contributed by atoms with Crippen LogP contribution in [-0.2, 0) is 9.59 Å². The number of benzene rings is 3. The fourth-order valence-electron chi connectivity index (χ4n) is 3.12. The number of rotatable bonds is 8. The molecule has 186 valence electrons. The van der Waals surface area contributed by atoms with Crippen molar-refractivity contribution in [3.8, 4) is 23.0 Å². The molecule has 0 bridgehead atoms. The van der Waals surface area contributed by atoms with Crippen molar-refractivity contribution in [2.24, 2.45) is 5.10 Å². The van der Waals surface area contributed by atoms with Crippen molar-refractivity contribution >= 4 is 29.2 Å². The molecule has 36 heavy (non-hydrogen) atoms. The van der Waals surface area contributed by atoms with Crippen LogP contribution < -0.4 is 29.7 Å². The zero-order valence-corrected chi connectivity index (χ0v) is 20.2. The van der Waals surface area contributed by atoms with Gasteiger partial charge in [0.25, 0.3) is 0 Å². The Morgan fingerprint density at radius 1 is 0.722 bits per heavy atom. The second-order valence-electron chi connectivity index (χ2n) is 7.25. The number of esters is 1. The lowest BCUT2D eigenvalue weighted by Crippen LogP contribution is -2.33. The van der Waals surface area contributed by atoms with Crippen LogP contribution in [0.15, 0.2) is 71.8 Å². The lowest BCUT2D eigenvalue weighted by Gasteiger charge is -2.12. The van der Waals surface area contributed by atoms with Gasteiger partial charge in [-0.25, -0.2) is 10.2 Å². The van der Waals surface area contributed by atoms with Gasteiger partial charge in [-0.15, -0.1) is 0 Å². The van der Waals surface area contributed by atoms with Gasteiger partial charge in [0.2, 0.25) is 0 Å². The Morgan fingerprint density at radius 2 is 1.36 bits per heavy atom. The standard InChI is InChI=1S/C26H25N3O7/c1-16(28-29-25(31)24(30)27-19-10-6-8-12-21(19)34-3)17-13-14-22(23(15-17)35-4)36-26(32)18-9-5-7-11-20(18)33-2/h5-15H,1-4H3,(H,27,30)(H,29,31)/b28-16+. The molecule has 0 spiro atoms. The number of hydrazone groups is 1. The fraction of sp³-hybridized carbons (Fsp3) is 0.154. The van der Waals surface area contributed by atoms with E-state index < -0.39 is 17.8 Å². The molecular formula is C26H25N3O7. The average molecular weight is 492 g/mol. The van der Waals surface area contributed by atoms with E-state index in [0.29, 0.717) is 28.5 Å². The summed E-state index contributed by atoms with van der Waals surface area (Å²) < 4.78 is 21.2. The number of nitrogens with one attached hydrogen (secondary N) is 2. The third-order valence-corrected chi connectivity index (χ3v) is 5.00. The Morgan fingerprint density at radius 3 is 2.06 bits per heavy atom. The lowest BCUT2D eigenvalue weighted by atomic mass is 10.1. The Hall–Kier alpha value is -4.86. The number of carbonyl (C=O) groups excluding carboxylic acids is 3. The van der Waals surface area contributed by atoms with E-state index in [9.17, 15) is 14.4 Å². The summed E-state index contributed by atoms with van der Waals surface area (Å²) in [5, 5.41) is 6.45. The smallest absolute Gasteiger partial charge is 0.347 e. The molecule has 0 radical (unpaired) electrons. The molecule has 0 aromatic heterocycles. The summed E-state index contributed by atoms with van der Waals surface area (Å²) in [5.74, 6) is -1.24. The summed E-state index contributed by atoms with van der Waals surface area (Å²) in [6.45, 7) is 1.63. The zero-order valence-electron chi connectivity index (χ0n) is 20.2. The van der Waals surface area contributed by atoms with Crippen LogP contribution in [0.25, 0.3) is 0 Å². The van der Waals surface area contributed by atoms with E-state index in [1.807, 2.05) is 0 Å². The normalized spacial score (nSPS) is 10.7. The average Bonchev–Trinajstić information content (AvgIpc) is 2.91. The van der Waals surface area contributed by atoms with Crippen molar-refractivity contribution in [3.05, 3.63) is 77.9 Å². The first-order chi connectivity index (χ1) is 17.4. The summed E-state index contributed by atoms with van der Waals surface area (Å²) in [4.78, 5) is 37.0. The Bertz CT molecular complexity index is 1300. The van der Waals surface area contributed by atoms with E-state index in [0.717, 1.165) is 0 Å². The highest BCUT2D eigenvalue weighted by Gasteiger charge is 2.18. The number of carbonyl (C=O) groups is 3. The van der Waals surface area contributed by atoms with Gasteiger partial charge >= 0.3 is 17.8 Å². The van der Waals surface area contributed by atoms with E-state index in [1.54, 1.807) is 67.6 Å². The molecule has 0 aliphatic rings. The van der Waals surface area contributed by atoms with E-state index in [-0.39, 0.29) is 17.1 Å². The number of ether oxygens (including phenoxy) is 4. The molecule has 2 N–H and O–H groups in total. The van der Waals surface area contributed by atoms with Crippen LogP contribution in [0, 0.1) is 0 Å². The molecule has 0 atom stereocenters. The maximum atomic E-state index is 12.6. The quantitative estimate of drug-likeness (QED) is 0.163. The highest BCUT2D eigenvalue weighted by Crippen LogP contribution is 2.30. The van der Waals surface area contributed by atoms with Crippen LogP contribution in [-0.4, -0.2) is 44.8 Å². The molecule has 3 aromatic carbocycles. The molecule has 3 aromatic rings. The molecule has 0 heterocycles. The predicted molar refractivity (Wildman–Crippen MR) is 133 cm³/mol. The number of methoxy groups -OCH3 is 3. The van der Waals surface area contributed by atoms with Crippen molar-refractivity contribution in [1.29, 1.82) is 0 Å². The minimum Gasteiger partial charge on any atom is -0.496 e. The number of para-hydroxylation sites is 3. The van der Waals surface area contributed by atoms with Crippen LogP contribution in [0.4, 0.5) is 5.69 Å². The third kappa shape index (κ3) is 6.17. The maximum Gasteiger partial charge on any atom is 0.347 e. The zero-order chi connectivity index (χ0) is 26.1. The summed E-state index contributed by atoms with van der Waals surface area (Å²) in [7, 11) is 4.35. The predicted octanol–water partition coefficient (Wildman–Crippen LogP) is 3.41. The van der Waals surface area contributed by atoms with Gasteiger partial charge in [-0.2, -0.15) is 5.10 Å². The van der Waals surface area contributed by atoms with Gasteiger partial charge in [-0.1, -0.05) is 24.3 Å². The van der Waals surface area contributed by atoms with Gasteiger partial charge in [0, 0.05) is 5.56 Å². The van der Waals surface area contributed by atoms with Crippen molar-refractivity contribution in [1.82, 2.24) is 5.43 Å². The van der Waals surface area contributed by atoms with Crippen molar-refractivity contribution in [2.75, 3.05) is 26.6 Å². The third-order valence-electron chi connectivity index (χ3n) is 5.00. The Balaban J connectivity index is 1.69. The van der Waals surface area contributed by atoms with Crippen molar-refractivity contribution in [3.63, 3.8) is 0 Å². The largest absolute Gasteiger partial charge is 0.496 e. The van der Waals surface area contributed by atoms with Gasteiger partial charge in [0.05, 0.1) is 32.7 Å². The molecule has 10 nitrogen and oxygen atoms in total. The monoisotopic (exact) mass is 491 g/mol. The van der Waals surface area contributed by atoms with Gasteiger partial charge in [0.15, 0.2) is 11.5 Å². The van der Waals surface area contributed by atoms with E-state index in [1.165, 1.54) is 27.4 Å². The summed E-state index contributed by atoms with van der Waals surface area (Å²) in [5.41, 5.74) is 3.77. The van der Waals surface area contributed by atoms with Crippen LogP contribution >= 0.6 is 0 Å². The number of nitrogens with zero attached hydrogens (tertiary/aromatic N) is 1. The minimum atomic E-state index is -0.963. The first-order valence-electron chi connectivity index (χ1n) is 10.7. The number of hydrogen-bond donors (Lipinski definition) is 2. The molecule has 2 amide bonds. The molecule has 0 unspecified atom stereocenters. The van der Waals surface area contributed by atoms with Crippen LogP contribution in [0.3, 0.4) is 0 Å². The van der Waals surface area contributed by atoms with E-state index >= 15 is 0 Å². The number of anilines is 1. The topological polar surface area (TPSA) is 125 Å². The molecule has 0 aliphatic carbocycles. The fourth-order valence-corrected chi connectivity index (χ4v) is 3.12. The molecule has 0 aliphatic heterocycles. The Labute approximate surface area is 207 Å². The van der Waals surface area contributed by atoms with Crippen LogP contribution in [0.2, 0.25) is 0 Å². The molecule has 0 saturated heterocycles. The van der Waals surface area contributed by atoms with Crippen molar-refractivity contribution < 1.29 is 33.3 Å². The van der Waals surface area contributed by atoms with Gasteiger partial charge in [0.1, 0.15) is 17.1 Å². The summed E-state index contributed by atoms with van der Waals surface area (Å²) in [6, 6.07) is 18.1. The minimum absolute atomic E-state index is 0.185. The van der Waals surface area contributed by atoms with Crippen LogP contribution in [0.5, 0.6) is 23.0 Å².